The van der Waals surface area contributed by atoms with Gasteiger partial charge in [0.25, 0.3) is 0 Å². The summed E-state index contributed by atoms with van der Waals surface area (Å²) in [7, 11) is 0. The lowest BCUT2D eigenvalue weighted by molar-refractivity contribution is 0.777. The summed E-state index contributed by atoms with van der Waals surface area (Å²) in [4.78, 5) is 12.4. The van der Waals surface area contributed by atoms with Crippen molar-refractivity contribution in [1.82, 2.24) is 15.0 Å². The van der Waals surface area contributed by atoms with Gasteiger partial charge < -0.3 is 0 Å². The zero-order valence-corrected chi connectivity index (χ0v) is 9.26. The predicted molar refractivity (Wildman–Crippen MR) is 53.1 cm³/mol. The molecule has 0 radical (unpaired) electrons. The van der Waals surface area contributed by atoms with E-state index in [1.54, 1.807) is 6.92 Å². The maximum absolute atomic E-state index is 5.86. The van der Waals surface area contributed by atoms with Gasteiger partial charge in [-0.1, -0.05) is 0 Å². The summed E-state index contributed by atoms with van der Waals surface area (Å²) < 4.78 is 0. The molecule has 1 rings (SSSR count). The number of aromatic nitrogens is 3. The van der Waals surface area contributed by atoms with Crippen LogP contribution >= 0.6 is 23.2 Å². The van der Waals surface area contributed by atoms with Gasteiger partial charge in [-0.3, -0.25) is 0 Å². The fraction of sp³-hybridized carbons (Fsp3) is 0.625. The molecule has 1 aromatic heterocycles. The second kappa shape index (κ2) is 4.20. The Morgan fingerprint density at radius 3 is 1.62 bits per heavy atom. The monoisotopic (exact) mass is 219 g/mol. The molecule has 13 heavy (non-hydrogen) atoms. The molecule has 0 bridgehead atoms. The Kier molecular flexibility index (Phi) is 3.45. The highest BCUT2D eigenvalue weighted by atomic mass is 35.5. The average molecular weight is 220 g/mol. The van der Waals surface area contributed by atoms with Crippen molar-refractivity contribution in [2.24, 2.45) is 0 Å². The molecule has 1 aromatic rings. The number of rotatable bonds is 2. The molecule has 2 unspecified atom stereocenters. The average Bonchev–Trinajstić information content (AvgIpc) is 2.03. The lowest BCUT2D eigenvalue weighted by Crippen LogP contribution is -2.06. The first-order valence-electron chi connectivity index (χ1n) is 4.01. The summed E-state index contributed by atoms with van der Waals surface area (Å²) in [5.41, 5.74) is 0. The van der Waals surface area contributed by atoms with Gasteiger partial charge in [-0.2, -0.15) is 0 Å². The smallest absolute Gasteiger partial charge is 0.150 e. The van der Waals surface area contributed by atoms with Crippen molar-refractivity contribution in [2.45, 2.75) is 31.5 Å². The fourth-order valence-electron chi connectivity index (χ4n) is 0.880. The maximum atomic E-state index is 5.86. The zero-order valence-electron chi connectivity index (χ0n) is 7.75. The highest BCUT2D eigenvalue weighted by Gasteiger charge is 2.11. The molecule has 0 fully saturated rings. The topological polar surface area (TPSA) is 38.7 Å². The molecule has 0 aliphatic heterocycles. The van der Waals surface area contributed by atoms with Gasteiger partial charge >= 0.3 is 0 Å². The van der Waals surface area contributed by atoms with Crippen molar-refractivity contribution in [1.29, 1.82) is 0 Å². The number of halogens is 2. The first kappa shape index (κ1) is 10.7. The Labute approximate surface area is 87.5 Å². The Balaban J connectivity index is 3.11. The molecule has 3 nitrogen and oxygen atoms in total. The van der Waals surface area contributed by atoms with Crippen molar-refractivity contribution in [3.05, 3.63) is 17.5 Å². The van der Waals surface area contributed by atoms with Gasteiger partial charge in [0.15, 0.2) is 0 Å². The molecule has 0 N–H and O–H groups in total. The Hall–Kier alpha value is -0.410. The Morgan fingerprint density at radius 2 is 1.31 bits per heavy atom. The minimum atomic E-state index is -0.212. The van der Waals surface area contributed by atoms with Gasteiger partial charge in [-0.25, -0.2) is 15.0 Å². The number of hydrogen-bond acceptors (Lipinski definition) is 3. The normalized spacial score (nSPS) is 15.5. The van der Waals surface area contributed by atoms with Gasteiger partial charge in [0.2, 0.25) is 0 Å². The maximum Gasteiger partial charge on any atom is 0.150 e. The van der Waals surface area contributed by atoms with Crippen LogP contribution in [0.3, 0.4) is 0 Å². The largest absolute Gasteiger partial charge is 0.217 e. The number of aryl methyl sites for hydroxylation is 1. The lowest BCUT2D eigenvalue weighted by atomic mass is 10.4. The molecule has 5 heteroatoms. The van der Waals surface area contributed by atoms with Crippen molar-refractivity contribution in [3.63, 3.8) is 0 Å². The van der Waals surface area contributed by atoms with Crippen molar-refractivity contribution in [3.8, 4) is 0 Å². The van der Waals surface area contributed by atoms with Crippen LogP contribution in [0.2, 0.25) is 0 Å². The van der Waals surface area contributed by atoms with Crippen molar-refractivity contribution >= 4 is 23.2 Å². The first-order chi connectivity index (χ1) is 6.00. The summed E-state index contributed by atoms with van der Waals surface area (Å²) in [6, 6.07) is 0. The molecule has 0 aromatic carbocycles. The van der Waals surface area contributed by atoms with E-state index in [9.17, 15) is 0 Å². The molecule has 0 aliphatic carbocycles. The van der Waals surface area contributed by atoms with Crippen LogP contribution in [0.25, 0.3) is 0 Å². The fourth-order valence-corrected chi connectivity index (χ4v) is 1.07. The molecule has 0 spiro atoms. The van der Waals surface area contributed by atoms with Crippen LogP contribution < -0.4 is 0 Å². The molecule has 2 atom stereocenters. The second-order valence-electron chi connectivity index (χ2n) is 2.83. The van der Waals surface area contributed by atoms with E-state index < -0.39 is 0 Å². The molecule has 0 aliphatic rings. The summed E-state index contributed by atoms with van der Waals surface area (Å²) in [6.07, 6.45) is 0. The van der Waals surface area contributed by atoms with Gasteiger partial charge in [-0.15, -0.1) is 23.2 Å². The van der Waals surface area contributed by atoms with Crippen molar-refractivity contribution < 1.29 is 0 Å². The number of nitrogens with zero attached hydrogens (tertiary/aromatic N) is 3. The third-order valence-corrected chi connectivity index (χ3v) is 1.88. The molecule has 72 valence electrons. The van der Waals surface area contributed by atoms with Crippen LogP contribution in [0.15, 0.2) is 0 Å². The van der Waals surface area contributed by atoms with Crippen LogP contribution in [-0.2, 0) is 0 Å². The summed E-state index contributed by atoms with van der Waals surface area (Å²) in [5, 5.41) is -0.424. The van der Waals surface area contributed by atoms with Crippen LogP contribution in [0, 0.1) is 6.92 Å². The van der Waals surface area contributed by atoms with E-state index in [4.69, 9.17) is 23.2 Å². The van der Waals surface area contributed by atoms with Crippen LogP contribution in [-0.4, -0.2) is 15.0 Å². The van der Waals surface area contributed by atoms with E-state index >= 15 is 0 Å². The molecule has 0 saturated heterocycles. The van der Waals surface area contributed by atoms with Gasteiger partial charge in [0.05, 0.1) is 10.8 Å². The molecular weight excluding hydrogens is 209 g/mol. The molecule has 0 saturated carbocycles. The zero-order chi connectivity index (χ0) is 10.0. The molecule has 1 heterocycles. The van der Waals surface area contributed by atoms with Gasteiger partial charge in [-0.05, 0) is 20.8 Å². The van der Waals surface area contributed by atoms with E-state index in [-0.39, 0.29) is 10.8 Å². The van der Waals surface area contributed by atoms with E-state index in [1.165, 1.54) is 0 Å². The molecular formula is C8H11Cl2N3. The molecule has 0 amide bonds. The van der Waals surface area contributed by atoms with Gasteiger partial charge in [0, 0.05) is 0 Å². The van der Waals surface area contributed by atoms with E-state index in [2.05, 4.69) is 15.0 Å². The summed E-state index contributed by atoms with van der Waals surface area (Å²) >= 11 is 11.7. The Bertz CT molecular complexity index is 273. The summed E-state index contributed by atoms with van der Waals surface area (Å²) in [6.45, 7) is 5.44. The SMILES string of the molecule is Cc1nc(C(C)Cl)nc(C(C)Cl)n1. The number of hydrogen-bond donors (Lipinski definition) is 0. The highest BCUT2D eigenvalue weighted by molar-refractivity contribution is 6.20. The minimum Gasteiger partial charge on any atom is -0.217 e. The van der Waals surface area contributed by atoms with Crippen LogP contribution in [0.4, 0.5) is 0 Å². The van der Waals surface area contributed by atoms with E-state index in [0.717, 1.165) is 0 Å². The third kappa shape index (κ3) is 2.78. The Morgan fingerprint density at radius 1 is 0.923 bits per heavy atom. The van der Waals surface area contributed by atoms with E-state index in [0.29, 0.717) is 17.5 Å². The van der Waals surface area contributed by atoms with Gasteiger partial charge in [0.1, 0.15) is 17.5 Å². The van der Waals surface area contributed by atoms with Crippen LogP contribution in [0.5, 0.6) is 0 Å². The first-order valence-corrected chi connectivity index (χ1v) is 4.88. The summed E-state index contributed by atoms with van der Waals surface area (Å²) in [5.74, 6) is 1.81. The van der Waals surface area contributed by atoms with E-state index in [1.807, 2.05) is 13.8 Å². The standard InChI is InChI=1S/C8H11Cl2N3/c1-4(9)7-11-6(3)12-8(13-7)5(2)10/h4-5H,1-3H3. The van der Waals surface area contributed by atoms with Crippen LogP contribution in [0.1, 0.15) is 42.1 Å². The quantitative estimate of drug-likeness (QED) is 0.719. The van der Waals surface area contributed by atoms with Crippen molar-refractivity contribution in [2.75, 3.05) is 0 Å². The number of alkyl halides is 2. The second-order valence-corrected chi connectivity index (χ2v) is 4.14. The third-order valence-electron chi connectivity index (χ3n) is 1.49. The predicted octanol–water partition coefficient (Wildman–Crippen LogP) is 2.78. The highest BCUT2D eigenvalue weighted by Crippen LogP contribution is 2.19. The lowest BCUT2D eigenvalue weighted by Gasteiger charge is -2.06. The minimum absolute atomic E-state index is 0.212.